The van der Waals surface area contributed by atoms with Crippen LogP contribution in [0.4, 0.5) is 11.4 Å². The number of sulfone groups is 1. The van der Waals surface area contributed by atoms with Gasteiger partial charge >= 0.3 is 0 Å². The van der Waals surface area contributed by atoms with Gasteiger partial charge in [0.2, 0.25) is 0 Å². The number of rotatable bonds is 8. The molecular weight excluding hydrogens is 533 g/mol. The summed E-state index contributed by atoms with van der Waals surface area (Å²) >= 11 is 1.09. The van der Waals surface area contributed by atoms with E-state index in [9.17, 15) is 25.3 Å². The third-order valence-electron chi connectivity index (χ3n) is 4.94. The monoisotopic (exact) mass is 552 g/mol. The molecule has 4 rings (SSSR count). The highest BCUT2D eigenvalue weighted by atomic mass is 32.2. The van der Waals surface area contributed by atoms with Gasteiger partial charge in [-0.15, -0.1) is 11.3 Å². The Morgan fingerprint density at radius 1 is 0.743 bits per heavy atom. The van der Waals surface area contributed by atoms with Gasteiger partial charge in [0.15, 0.2) is 9.84 Å². The smallest absolute Gasteiger partial charge is 0.271 e. The van der Waals surface area contributed by atoms with E-state index >= 15 is 0 Å². The van der Waals surface area contributed by atoms with Crippen molar-refractivity contribution in [1.29, 1.82) is 0 Å². The van der Waals surface area contributed by atoms with Crippen LogP contribution in [0.3, 0.4) is 0 Å². The normalized spacial score (nSPS) is 12.4. The fourth-order valence-electron chi connectivity index (χ4n) is 3.24. The highest BCUT2D eigenvalue weighted by Crippen LogP contribution is 2.34. The number of nitrogens with one attached hydrogen (secondary N) is 2. The van der Waals surface area contributed by atoms with E-state index in [0.717, 1.165) is 33.7 Å². The summed E-state index contributed by atoms with van der Waals surface area (Å²) in [4.78, 5) is -0.623. The second kappa shape index (κ2) is 9.15. The van der Waals surface area contributed by atoms with Crippen LogP contribution in [0.5, 0.6) is 5.75 Å². The molecule has 4 aromatic rings. The Balaban J connectivity index is 1.71. The topological polar surface area (TPSA) is 136 Å². The fourth-order valence-corrected chi connectivity index (χ4v) is 7.72. The van der Waals surface area contributed by atoms with Crippen molar-refractivity contribution in [2.75, 3.05) is 22.8 Å². The van der Waals surface area contributed by atoms with Gasteiger partial charge < -0.3 is 4.74 Å². The summed E-state index contributed by atoms with van der Waals surface area (Å²) in [6.45, 7) is 0. The van der Waals surface area contributed by atoms with Crippen molar-refractivity contribution in [3.05, 3.63) is 72.8 Å². The van der Waals surface area contributed by atoms with Crippen molar-refractivity contribution in [3.63, 3.8) is 0 Å². The Hall–Kier alpha value is -3.13. The molecule has 0 amide bonds. The van der Waals surface area contributed by atoms with E-state index < -0.39 is 34.8 Å². The minimum Gasteiger partial charge on any atom is -0.495 e. The van der Waals surface area contributed by atoms with Gasteiger partial charge in [-0.3, -0.25) is 9.44 Å². The first-order valence-electron chi connectivity index (χ1n) is 9.92. The number of sulfonamides is 2. The molecule has 35 heavy (non-hydrogen) atoms. The summed E-state index contributed by atoms with van der Waals surface area (Å²) in [5, 5.41) is 0.768. The molecule has 0 bridgehead atoms. The van der Waals surface area contributed by atoms with Crippen LogP contribution in [0, 0.1) is 0 Å². The maximum atomic E-state index is 13.2. The fraction of sp³-hybridized carbons (Fsp3) is 0.0909. The Bertz CT molecular complexity index is 1710. The van der Waals surface area contributed by atoms with Crippen molar-refractivity contribution < 1.29 is 30.0 Å². The average molecular weight is 553 g/mol. The van der Waals surface area contributed by atoms with E-state index in [0.29, 0.717) is 0 Å². The maximum absolute atomic E-state index is 13.2. The molecule has 13 heteroatoms. The van der Waals surface area contributed by atoms with Crippen LogP contribution in [0.2, 0.25) is 0 Å². The summed E-state index contributed by atoms with van der Waals surface area (Å²) in [6.07, 6.45) is 0.955. The zero-order valence-electron chi connectivity index (χ0n) is 18.4. The molecule has 184 valence electrons. The lowest BCUT2D eigenvalue weighted by Gasteiger charge is -2.16. The molecular formula is C22H20N2O7S4. The quantitative estimate of drug-likeness (QED) is 0.338. The van der Waals surface area contributed by atoms with Gasteiger partial charge in [0, 0.05) is 11.0 Å². The Kier molecular flexibility index (Phi) is 6.53. The number of benzene rings is 3. The van der Waals surface area contributed by atoms with Gasteiger partial charge in [0.1, 0.15) is 14.9 Å². The number of ether oxygens (including phenoxy) is 1. The summed E-state index contributed by atoms with van der Waals surface area (Å²) < 4.78 is 87.1. The van der Waals surface area contributed by atoms with Crippen LogP contribution in [0.15, 0.2) is 86.8 Å². The maximum Gasteiger partial charge on any atom is 0.271 e. The number of hydrogen-bond acceptors (Lipinski definition) is 8. The van der Waals surface area contributed by atoms with Gasteiger partial charge in [-0.1, -0.05) is 30.3 Å². The molecule has 1 aromatic heterocycles. The molecule has 0 spiro atoms. The zero-order valence-corrected chi connectivity index (χ0v) is 21.7. The third-order valence-corrected chi connectivity index (χ3v) is 10.4. The Morgan fingerprint density at radius 3 is 1.94 bits per heavy atom. The summed E-state index contributed by atoms with van der Waals surface area (Å²) in [7, 11) is -10.8. The molecule has 0 saturated heterocycles. The van der Waals surface area contributed by atoms with Crippen LogP contribution in [-0.2, 0) is 29.9 Å². The third kappa shape index (κ3) is 5.27. The predicted molar refractivity (Wildman–Crippen MR) is 136 cm³/mol. The van der Waals surface area contributed by atoms with Crippen molar-refractivity contribution in [2.45, 2.75) is 14.0 Å². The van der Waals surface area contributed by atoms with Crippen molar-refractivity contribution in [2.24, 2.45) is 0 Å². The van der Waals surface area contributed by atoms with E-state index in [1.807, 2.05) is 0 Å². The average Bonchev–Trinajstić information content (AvgIpc) is 3.24. The molecule has 2 N–H and O–H groups in total. The number of para-hydroxylation sites is 2. The summed E-state index contributed by atoms with van der Waals surface area (Å²) in [5.41, 5.74) is -0.0595. The Labute approximate surface area is 207 Å². The summed E-state index contributed by atoms with van der Waals surface area (Å²) in [5.74, 6) is -0.0757. The lowest BCUT2D eigenvalue weighted by Crippen LogP contribution is -2.18. The number of hydrogen-bond donors (Lipinski definition) is 2. The zero-order chi connectivity index (χ0) is 25.4. The van der Waals surface area contributed by atoms with Crippen molar-refractivity contribution in [3.8, 4) is 5.75 Å². The van der Waals surface area contributed by atoms with Crippen LogP contribution < -0.4 is 14.2 Å². The molecule has 0 aliphatic carbocycles. The number of methoxy groups -OCH3 is 1. The Morgan fingerprint density at radius 2 is 1.34 bits per heavy atom. The van der Waals surface area contributed by atoms with E-state index in [4.69, 9.17) is 4.74 Å². The molecule has 9 nitrogen and oxygen atoms in total. The SMILES string of the molecule is COc1ccc(S(C)(=O)=O)cc1S(=O)(=O)Nc1ccccc1NS(=O)(=O)c1cc2ccccc2s1. The molecule has 0 atom stereocenters. The van der Waals surface area contributed by atoms with Gasteiger partial charge in [0.25, 0.3) is 20.0 Å². The standard InChI is InChI=1S/C22H20N2O7S4/c1-31-19-12-11-16(33(2,25)26)14-21(19)34(27,28)23-17-8-4-5-9-18(17)24-35(29,30)22-13-15-7-3-6-10-20(15)32-22/h3-14,23-24H,1-2H3. The largest absolute Gasteiger partial charge is 0.495 e. The molecule has 0 aliphatic rings. The number of fused-ring (bicyclic) bond motifs is 1. The molecule has 0 saturated carbocycles. The van der Waals surface area contributed by atoms with Crippen LogP contribution in [-0.4, -0.2) is 38.6 Å². The van der Waals surface area contributed by atoms with E-state index in [2.05, 4.69) is 9.44 Å². The summed E-state index contributed by atoms with van der Waals surface area (Å²) in [6, 6.07) is 18.1. The lowest BCUT2D eigenvalue weighted by molar-refractivity contribution is 0.402. The van der Waals surface area contributed by atoms with Gasteiger partial charge in [-0.25, -0.2) is 25.3 Å². The van der Waals surface area contributed by atoms with Gasteiger partial charge in [-0.05, 0) is 47.9 Å². The highest BCUT2D eigenvalue weighted by molar-refractivity contribution is 7.95. The minimum absolute atomic E-state index is 0.00762. The van der Waals surface area contributed by atoms with Crippen molar-refractivity contribution >= 4 is 62.7 Å². The van der Waals surface area contributed by atoms with E-state index in [1.54, 1.807) is 30.3 Å². The van der Waals surface area contributed by atoms with Crippen LogP contribution in [0.1, 0.15) is 0 Å². The van der Waals surface area contributed by atoms with Gasteiger partial charge in [0.05, 0.1) is 23.4 Å². The van der Waals surface area contributed by atoms with Crippen molar-refractivity contribution in [1.82, 2.24) is 0 Å². The van der Waals surface area contributed by atoms with Crippen LogP contribution >= 0.6 is 11.3 Å². The molecule has 1 heterocycles. The molecule has 0 fully saturated rings. The number of anilines is 2. The first kappa shape index (κ1) is 25.0. The van der Waals surface area contributed by atoms with E-state index in [1.165, 1.54) is 43.5 Å². The van der Waals surface area contributed by atoms with E-state index in [-0.39, 0.29) is 26.2 Å². The molecule has 0 aliphatic heterocycles. The predicted octanol–water partition coefficient (Wildman–Crippen LogP) is 3.92. The first-order chi connectivity index (χ1) is 16.4. The lowest BCUT2D eigenvalue weighted by atomic mass is 10.3. The number of thiophene rings is 1. The second-order valence-electron chi connectivity index (χ2n) is 7.44. The van der Waals surface area contributed by atoms with Crippen LogP contribution in [0.25, 0.3) is 10.1 Å². The highest BCUT2D eigenvalue weighted by Gasteiger charge is 2.25. The molecule has 3 aromatic carbocycles. The minimum atomic E-state index is -4.37. The molecule has 0 radical (unpaired) electrons. The second-order valence-corrected chi connectivity index (χ2v) is 14.1. The van der Waals surface area contributed by atoms with Gasteiger partial charge in [-0.2, -0.15) is 0 Å². The molecule has 0 unspecified atom stereocenters. The first-order valence-corrected chi connectivity index (χ1v) is 15.6.